The van der Waals surface area contributed by atoms with Gasteiger partial charge in [-0.3, -0.25) is 9.20 Å². The van der Waals surface area contributed by atoms with Crippen molar-refractivity contribution < 1.29 is 4.79 Å². The van der Waals surface area contributed by atoms with Crippen LogP contribution in [0.15, 0.2) is 30.5 Å². The molecular formula is C21H24N8O. The van der Waals surface area contributed by atoms with E-state index in [-0.39, 0.29) is 5.91 Å². The topological polar surface area (TPSA) is 105 Å². The number of hydrogen-bond donors (Lipinski definition) is 2. The van der Waals surface area contributed by atoms with Crippen molar-refractivity contribution in [2.75, 3.05) is 50.9 Å². The Labute approximate surface area is 173 Å². The van der Waals surface area contributed by atoms with Gasteiger partial charge in [-0.1, -0.05) is 12.1 Å². The van der Waals surface area contributed by atoms with Crippen LogP contribution in [-0.2, 0) is 0 Å². The molecule has 0 spiro atoms. The van der Waals surface area contributed by atoms with Crippen LogP contribution >= 0.6 is 0 Å². The minimum absolute atomic E-state index is 0.293. The number of nitrogens with one attached hydrogen (secondary N) is 1. The Morgan fingerprint density at radius 1 is 1.10 bits per heavy atom. The standard InChI is InChI=1S/C21H24N8O/c1-23-21(30)16-17(22)18-20(29-14-7-4-3-6-13(14)25-19(16)29)26-15(12-24-18)28-9-5-8-27(2)10-11-28/h3-4,6-7,12H,5,8-11,22H2,1-2H3,(H,23,30). The molecular weight excluding hydrogens is 380 g/mol. The third-order valence-electron chi connectivity index (χ3n) is 5.76. The van der Waals surface area contributed by atoms with Gasteiger partial charge >= 0.3 is 0 Å². The third-order valence-corrected chi connectivity index (χ3v) is 5.76. The van der Waals surface area contributed by atoms with E-state index >= 15 is 0 Å². The fraction of sp³-hybridized carbons (Fsp3) is 0.333. The highest BCUT2D eigenvalue weighted by Gasteiger charge is 2.24. The van der Waals surface area contributed by atoms with E-state index in [0.717, 1.165) is 49.5 Å². The molecule has 4 heterocycles. The van der Waals surface area contributed by atoms with Gasteiger partial charge in [-0.05, 0) is 32.1 Å². The van der Waals surface area contributed by atoms with Crippen LogP contribution in [0.4, 0.5) is 11.5 Å². The molecule has 1 fully saturated rings. The predicted octanol–water partition coefficient (Wildman–Crippen LogP) is 1.51. The number of imidazole rings is 1. The quantitative estimate of drug-likeness (QED) is 0.522. The molecule has 1 aliphatic rings. The number of hydrogen-bond acceptors (Lipinski definition) is 7. The van der Waals surface area contributed by atoms with Crippen molar-refractivity contribution in [2.24, 2.45) is 0 Å². The lowest BCUT2D eigenvalue weighted by atomic mass is 10.2. The molecule has 1 aliphatic heterocycles. The summed E-state index contributed by atoms with van der Waals surface area (Å²) in [6.45, 7) is 3.84. The Morgan fingerprint density at radius 3 is 2.77 bits per heavy atom. The molecule has 3 N–H and O–H groups in total. The fourth-order valence-corrected chi connectivity index (χ4v) is 4.14. The molecule has 154 valence electrons. The molecule has 0 bridgehead atoms. The van der Waals surface area contributed by atoms with Gasteiger partial charge in [-0.25, -0.2) is 15.0 Å². The van der Waals surface area contributed by atoms with E-state index in [1.807, 2.05) is 28.7 Å². The summed E-state index contributed by atoms with van der Waals surface area (Å²) in [5.41, 5.74) is 10.3. The maximum atomic E-state index is 12.6. The lowest BCUT2D eigenvalue weighted by Gasteiger charge is -2.22. The second kappa shape index (κ2) is 7.10. The van der Waals surface area contributed by atoms with E-state index in [1.54, 1.807) is 13.2 Å². The Morgan fingerprint density at radius 2 is 1.93 bits per heavy atom. The second-order valence-corrected chi connectivity index (χ2v) is 7.67. The van der Waals surface area contributed by atoms with Gasteiger partial charge in [0.25, 0.3) is 5.91 Å². The van der Waals surface area contributed by atoms with Crippen LogP contribution in [0.2, 0.25) is 0 Å². The predicted molar refractivity (Wildman–Crippen MR) is 118 cm³/mol. The van der Waals surface area contributed by atoms with Crippen LogP contribution in [-0.4, -0.2) is 70.4 Å². The van der Waals surface area contributed by atoms with Gasteiger partial charge in [0.05, 0.1) is 22.9 Å². The van der Waals surface area contributed by atoms with E-state index < -0.39 is 0 Å². The molecule has 0 saturated carbocycles. The van der Waals surface area contributed by atoms with Gasteiger partial charge in [0, 0.05) is 26.7 Å². The van der Waals surface area contributed by atoms with Crippen molar-refractivity contribution in [3.8, 4) is 0 Å². The van der Waals surface area contributed by atoms with Crippen molar-refractivity contribution in [1.29, 1.82) is 0 Å². The molecule has 0 aliphatic carbocycles. The monoisotopic (exact) mass is 404 g/mol. The van der Waals surface area contributed by atoms with Gasteiger partial charge in [-0.15, -0.1) is 0 Å². The van der Waals surface area contributed by atoms with Crippen LogP contribution in [0.1, 0.15) is 16.8 Å². The van der Waals surface area contributed by atoms with E-state index in [4.69, 9.17) is 15.7 Å². The highest BCUT2D eigenvalue weighted by atomic mass is 16.1. The van der Waals surface area contributed by atoms with E-state index in [1.165, 1.54) is 0 Å². The van der Waals surface area contributed by atoms with Crippen molar-refractivity contribution in [3.05, 3.63) is 36.0 Å². The zero-order valence-electron chi connectivity index (χ0n) is 17.1. The van der Waals surface area contributed by atoms with Gasteiger partial charge in [-0.2, -0.15) is 0 Å². The van der Waals surface area contributed by atoms with Gasteiger partial charge < -0.3 is 20.9 Å². The molecule has 1 saturated heterocycles. The lowest BCUT2D eigenvalue weighted by Crippen LogP contribution is -2.29. The van der Waals surface area contributed by atoms with Crippen LogP contribution in [0, 0.1) is 0 Å². The highest BCUT2D eigenvalue weighted by Crippen LogP contribution is 2.31. The van der Waals surface area contributed by atoms with Crippen LogP contribution < -0.4 is 16.0 Å². The van der Waals surface area contributed by atoms with Gasteiger partial charge in [0.15, 0.2) is 11.3 Å². The SMILES string of the molecule is CNC(=O)c1c(N)c2ncc(N3CCCN(C)CC3)nc2n2c1nc1ccccc12. The minimum Gasteiger partial charge on any atom is -0.396 e. The summed E-state index contributed by atoms with van der Waals surface area (Å²) in [7, 11) is 3.72. The Hall–Kier alpha value is -3.46. The average molecular weight is 404 g/mol. The second-order valence-electron chi connectivity index (χ2n) is 7.67. The lowest BCUT2D eigenvalue weighted by molar-refractivity contribution is 0.0965. The molecule has 0 radical (unpaired) electrons. The average Bonchev–Trinajstić information content (AvgIpc) is 3.00. The number of aromatic nitrogens is 4. The summed E-state index contributed by atoms with van der Waals surface area (Å²) in [4.78, 5) is 31.5. The molecule has 5 rings (SSSR count). The van der Waals surface area contributed by atoms with Crippen LogP contribution in [0.5, 0.6) is 0 Å². The van der Waals surface area contributed by atoms with Crippen LogP contribution in [0.25, 0.3) is 27.8 Å². The summed E-state index contributed by atoms with van der Waals surface area (Å²) in [6, 6.07) is 7.75. The Kier molecular flexibility index (Phi) is 4.39. The fourth-order valence-electron chi connectivity index (χ4n) is 4.14. The first-order valence-corrected chi connectivity index (χ1v) is 10.1. The zero-order valence-corrected chi connectivity index (χ0v) is 17.1. The number of rotatable bonds is 2. The number of pyridine rings is 1. The van der Waals surface area contributed by atoms with Gasteiger partial charge in [0.2, 0.25) is 0 Å². The number of carbonyl (C=O) groups is 1. The highest BCUT2D eigenvalue weighted by molar-refractivity contribution is 6.12. The maximum Gasteiger partial charge on any atom is 0.257 e. The molecule has 3 aromatic heterocycles. The molecule has 0 atom stereocenters. The Balaban J connectivity index is 1.81. The molecule has 0 unspecified atom stereocenters. The van der Waals surface area contributed by atoms with Crippen molar-refractivity contribution >= 4 is 45.3 Å². The number of nitrogen functional groups attached to an aromatic ring is 1. The molecule has 9 heteroatoms. The minimum atomic E-state index is -0.295. The number of nitrogens with two attached hydrogens (primary N) is 1. The van der Waals surface area contributed by atoms with Crippen molar-refractivity contribution in [2.45, 2.75) is 6.42 Å². The molecule has 1 aromatic carbocycles. The first-order chi connectivity index (χ1) is 14.6. The number of benzene rings is 1. The first-order valence-electron chi connectivity index (χ1n) is 10.1. The van der Waals surface area contributed by atoms with Crippen molar-refractivity contribution in [1.82, 2.24) is 29.6 Å². The molecule has 9 nitrogen and oxygen atoms in total. The smallest absolute Gasteiger partial charge is 0.257 e. The summed E-state index contributed by atoms with van der Waals surface area (Å²) >= 11 is 0. The third kappa shape index (κ3) is 2.81. The number of para-hydroxylation sites is 2. The summed E-state index contributed by atoms with van der Waals surface area (Å²) in [5, 5.41) is 2.66. The van der Waals surface area contributed by atoms with E-state index in [9.17, 15) is 4.79 Å². The number of fused-ring (bicyclic) bond motifs is 5. The van der Waals surface area contributed by atoms with Crippen molar-refractivity contribution in [3.63, 3.8) is 0 Å². The summed E-state index contributed by atoms with van der Waals surface area (Å²) in [5.74, 6) is 0.514. The van der Waals surface area contributed by atoms with Crippen LogP contribution in [0.3, 0.4) is 0 Å². The van der Waals surface area contributed by atoms with E-state index in [2.05, 4.69) is 27.1 Å². The number of anilines is 2. The number of likely N-dealkylation sites (N-methyl/N-ethyl adjacent to an activating group) is 1. The number of carbonyl (C=O) groups excluding carboxylic acids is 1. The largest absolute Gasteiger partial charge is 0.396 e. The summed E-state index contributed by atoms with van der Waals surface area (Å²) < 4.78 is 1.89. The van der Waals surface area contributed by atoms with Gasteiger partial charge in [0.1, 0.15) is 16.9 Å². The molecule has 30 heavy (non-hydrogen) atoms. The molecule has 4 aromatic rings. The molecule has 1 amide bonds. The zero-order chi connectivity index (χ0) is 20.8. The Bertz CT molecular complexity index is 1280. The summed E-state index contributed by atoms with van der Waals surface area (Å²) in [6.07, 6.45) is 2.82. The number of nitrogens with zero attached hydrogens (tertiary/aromatic N) is 6. The normalized spacial score (nSPS) is 15.7. The maximum absolute atomic E-state index is 12.6. The van der Waals surface area contributed by atoms with E-state index in [0.29, 0.717) is 28.1 Å². The first kappa shape index (κ1) is 18.6. The number of amides is 1.